The van der Waals surface area contributed by atoms with Crippen molar-refractivity contribution in [3.05, 3.63) is 17.6 Å². The molecule has 2 heterocycles. The van der Waals surface area contributed by atoms with E-state index in [9.17, 15) is 8.42 Å². The Bertz CT molecular complexity index is 539. The van der Waals surface area contributed by atoms with Gasteiger partial charge in [0.15, 0.2) is 0 Å². The summed E-state index contributed by atoms with van der Waals surface area (Å²) in [5.41, 5.74) is 5.49. The molecule has 1 aromatic rings. The summed E-state index contributed by atoms with van der Waals surface area (Å²) in [7, 11) is -3.45. The number of nitrogens with zero attached hydrogens (tertiary/aromatic N) is 1. The number of nitrogens with two attached hydrogens (primary N) is 1. The quantitative estimate of drug-likeness (QED) is 0.913. The van der Waals surface area contributed by atoms with Crippen molar-refractivity contribution in [3.8, 4) is 0 Å². The Morgan fingerprint density at radius 1 is 1.58 bits per heavy atom. The molecule has 7 heteroatoms. The van der Waals surface area contributed by atoms with Gasteiger partial charge in [0.2, 0.25) is 10.0 Å². The number of sulfonamides is 1. The second-order valence-corrected chi connectivity index (χ2v) is 7.92. The first kappa shape index (κ1) is 14.9. The van der Waals surface area contributed by atoms with E-state index >= 15 is 0 Å². The molecule has 0 bridgehead atoms. The predicted molar refractivity (Wildman–Crippen MR) is 76.6 cm³/mol. The van der Waals surface area contributed by atoms with Crippen molar-refractivity contribution in [2.75, 3.05) is 18.8 Å². The van der Waals surface area contributed by atoms with Gasteiger partial charge in [0.05, 0.1) is 6.54 Å². The van der Waals surface area contributed by atoms with Crippen LogP contribution in [0.25, 0.3) is 0 Å². The maximum Gasteiger partial charge on any atom is 0.246 e. The van der Waals surface area contributed by atoms with Gasteiger partial charge < -0.3 is 10.2 Å². The van der Waals surface area contributed by atoms with Gasteiger partial charge in [-0.05, 0) is 13.3 Å². The summed E-state index contributed by atoms with van der Waals surface area (Å²) in [5.74, 6) is 1.78. The molecule has 1 unspecified atom stereocenters. The van der Waals surface area contributed by atoms with Crippen LogP contribution in [0.1, 0.15) is 24.9 Å². The predicted octanol–water partition coefficient (Wildman–Crippen LogP) is 1.56. The zero-order valence-corrected chi connectivity index (χ0v) is 12.9. The van der Waals surface area contributed by atoms with Crippen LogP contribution in [0.4, 0.5) is 0 Å². The number of hydrogen-bond acceptors (Lipinski definition) is 5. The second kappa shape index (κ2) is 5.87. The molecule has 108 valence electrons. The molecule has 0 aliphatic carbocycles. The van der Waals surface area contributed by atoms with Crippen molar-refractivity contribution in [1.29, 1.82) is 0 Å². The Balaban J connectivity index is 2.28. The number of aryl methyl sites for hydroxylation is 1. The Hall–Kier alpha value is -0.500. The summed E-state index contributed by atoms with van der Waals surface area (Å²) < 4.78 is 32.2. The highest BCUT2D eigenvalue weighted by Gasteiger charge is 2.32. The highest BCUT2D eigenvalue weighted by atomic mass is 32.2. The average molecular weight is 304 g/mol. The van der Waals surface area contributed by atoms with Crippen molar-refractivity contribution < 1.29 is 12.8 Å². The summed E-state index contributed by atoms with van der Waals surface area (Å²) >= 11 is 1.84. The molecular formula is C12H20N2O3S2. The molecular weight excluding hydrogens is 284 g/mol. The summed E-state index contributed by atoms with van der Waals surface area (Å²) in [5, 5.41) is 0.379. The van der Waals surface area contributed by atoms with Gasteiger partial charge in [0.25, 0.3) is 0 Å². The van der Waals surface area contributed by atoms with Crippen LogP contribution < -0.4 is 5.73 Å². The first-order valence-electron chi connectivity index (χ1n) is 6.40. The highest BCUT2D eigenvalue weighted by Crippen LogP contribution is 2.28. The molecule has 0 aromatic carbocycles. The third kappa shape index (κ3) is 2.99. The summed E-state index contributed by atoms with van der Waals surface area (Å²) in [6.45, 7) is 5.10. The largest absolute Gasteiger partial charge is 0.464 e. The van der Waals surface area contributed by atoms with Crippen LogP contribution in [0, 0.1) is 6.92 Å². The van der Waals surface area contributed by atoms with E-state index in [4.69, 9.17) is 10.2 Å². The van der Waals surface area contributed by atoms with E-state index in [1.54, 1.807) is 17.3 Å². The molecule has 1 saturated heterocycles. The van der Waals surface area contributed by atoms with Crippen molar-refractivity contribution in [2.45, 2.75) is 37.0 Å². The molecule has 1 aliphatic heterocycles. The van der Waals surface area contributed by atoms with Crippen molar-refractivity contribution in [1.82, 2.24) is 4.31 Å². The van der Waals surface area contributed by atoms with Gasteiger partial charge in [-0.15, -0.1) is 0 Å². The van der Waals surface area contributed by atoms with Crippen LogP contribution in [0.15, 0.2) is 15.4 Å². The number of thioether (sulfide) groups is 1. The van der Waals surface area contributed by atoms with Crippen molar-refractivity contribution in [2.24, 2.45) is 5.73 Å². The molecule has 1 aromatic heterocycles. The Morgan fingerprint density at radius 2 is 2.32 bits per heavy atom. The molecule has 1 atom stereocenters. The number of furan rings is 1. The standard InChI is InChI=1S/C12H20N2O3S2/c1-3-11-8-14(4-5-18-11)19(15,16)12-6-10(7-13)17-9(12)2/h6,11H,3-5,7-8,13H2,1-2H3. The van der Waals surface area contributed by atoms with Gasteiger partial charge in [-0.25, -0.2) is 8.42 Å². The zero-order chi connectivity index (χ0) is 14.0. The third-order valence-electron chi connectivity index (χ3n) is 3.30. The lowest BCUT2D eigenvalue weighted by atomic mass is 10.3. The fraction of sp³-hybridized carbons (Fsp3) is 0.667. The lowest BCUT2D eigenvalue weighted by Crippen LogP contribution is -2.41. The van der Waals surface area contributed by atoms with E-state index in [1.807, 2.05) is 11.8 Å². The molecule has 0 radical (unpaired) electrons. The minimum atomic E-state index is -3.45. The number of hydrogen-bond donors (Lipinski definition) is 1. The second-order valence-electron chi connectivity index (χ2n) is 4.60. The zero-order valence-electron chi connectivity index (χ0n) is 11.3. The van der Waals surface area contributed by atoms with Crippen LogP contribution in [0.5, 0.6) is 0 Å². The lowest BCUT2D eigenvalue weighted by molar-refractivity contribution is 0.413. The van der Waals surface area contributed by atoms with E-state index in [0.29, 0.717) is 29.9 Å². The Labute approximate surface area is 118 Å². The molecule has 0 spiro atoms. The van der Waals surface area contributed by atoms with Gasteiger partial charge in [0, 0.05) is 30.2 Å². The van der Waals surface area contributed by atoms with Gasteiger partial charge in [-0.1, -0.05) is 6.92 Å². The lowest BCUT2D eigenvalue weighted by Gasteiger charge is -2.30. The molecule has 1 fully saturated rings. The maximum absolute atomic E-state index is 12.6. The number of rotatable bonds is 4. The van der Waals surface area contributed by atoms with Crippen molar-refractivity contribution in [3.63, 3.8) is 0 Å². The monoisotopic (exact) mass is 304 g/mol. The highest BCUT2D eigenvalue weighted by molar-refractivity contribution is 8.00. The van der Waals surface area contributed by atoms with Crippen LogP contribution >= 0.6 is 11.8 Å². The third-order valence-corrected chi connectivity index (χ3v) is 6.64. The van der Waals surface area contributed by atoms with E-state index in [2.05, 4.69) is 6.92 Å². The van der Waals surface area contributed by atoms with E-state index in [-0.39, 0.29) is 11.4 Å². The molecule has 0 saturated carbocycles. The Morgan fingerprint density at radius 3 is 2.89 bits per heavy atom. The van der Waals surface area contributed by atoms with Crippen LogP contribution in [0.2, 0.25) is 0 Å². The molecule has 0 amide bonds. The summed E-state index contributed by atoms with van der Waals surface area (Å²) in [6.07, 6.45) is 0.981. The van der Waals surface area contributed by atoms with E-state index in [0.717, 1.165) is 12.2 Å². The SMILES string of the molecule is CCC1CN(S(=O)(=O)c2cc(CN)oc2C)CCS1. The van der Waals surface area contributed by atoms with Gasteiger partial charge in [0.1, 0.15) is 16.4 Å². The fourth-order valence-corrected chi connectivity index (χ4v) is 5.24. The summed E-state index contributed by atoms with van der Waals surface area (Å²) in [6, 6.07) is 1.55. The van der Waals surface area contributed by atoms with Gasteiger partial charge in [-0.3, -0.25) is 0 Å². The normalized spacial score (nSPS) is 21.7. The first-order valence-corrected chi connectivity index (χ1v) is 8.89. The van der Waals surface area contributed by atoms with Crippen molar-refractivity contribution >= 4 is 21.8 Å². The maximum atomic E-state index is 12.6. The smallest absolute Gasteiger partial charge is 0.246 e. The van der Waals surface area contributed by atoms with Gasteiger partial charge >= 0.3 is 0 Å². The van der Waals surface area contributed by atoms with Crippen LogP contribution in [0.3, 0.4) is 0 Å². The molecule has 2 N–H and O–H groups in total. The van der Waals surface area contributed by atoms with Crippen LogP contribution in [-0.4, -0.2) is 36.8 Å². The van der Waals surface area contributed by atoms with E-state index < -0.39 is 10.0 Å². The topological polar surface area (TPSA) is 76.5 Å². The average Bonchev–Trinajstić information content (AvgIpc) is 2.81. The minimum Gasteiger partial charge on any atom is -0.464 e. The fourth-order valence-electron chi connectivity index (χ4n) is 2.18. The van der Waals surface area contributed by atoms with E-state index in [1.165, 1.54) is 0 Å². The molecule has 5 nitrogen and oxygen atoms in total. The Kier molecular flexibility index (Phi) is 4.60. The molecule has 1 aliphatic rings. The summed E-state index contributed by atoms with van der Waals surface area (Å²) in [4.78, 5) is 0.259. The molecule has 2 rings (SSSR count). The van der Waals surface area contributed by atoms with Gasteiger partial charge in [-0.2, -0.15) is 16.1 Å². The van der Waals surface area contributed by atoms with Crippen LogP contribution in [-0.2, 0) is 16.6 Å². The first-order chi connectivity index (χ1) is 8.98. The molecule has 19 heavy (non-hydrogen) atoms. The minimum absolute atomic E-state index is 0.212.